The van der Waals surface area contributed by atoms with Crippen LogP contribution >= 0.6 is 15.9 Å². The largest absolute Gasteiger partial charge is 0.396 e. The van der Waals surface area contributed by atoms with Gasteiger partial charge in [0.15, 0.2) is 0 Å². The second-order valence-corrected chi connectivity index (χ2v) is 4.37. The highest BCUT2D eigenvalue weighted by Crippen LogP contribution is 2.13. The molecule has 0 saturated carbocycles. The van der Waals surface area contributed by atoms with Gasteiger partial charge in [0.2, 0.25) is 0 Å². The van der Waals surface area contributed by atoms with Crippen LogP contribution in [0.25, 0.3) is 0 Å². The number of anilines is 1. The highest BCUT2D eigenvalue weighted by Gasteiger charge is 1.93. The molecule has 0 aromatic carbocycles. The standard InChI is InChI=1S/C11H17BrN2O/c12-10-7-11(9-13-8-10)14-5-3-1-2-4-6-15/h7-9,14-15H,1-6H2. The summed E-state index contributed by atoms with van der Waals surface area (Å²) in [6.07, 6.45) is 7.90. The van der Waals surface area contributed by atoms with Gasteiger partial charge in [-0.25, -0.2) is 0 Å². The van der Waals surface area contributed by atoms with Crippen LogP contribution in [0, 0.1) is 0 Å². The fraction of sp³-hybridized carbons (Fsp3) is 0.545. The van der Waals surface area contributed by atoms with Crippen LogP contribution in [-0.4, -0.2) is 23.2 Å². The predicted octanol–water partition coefficient (Wildman–Crippen LogP) is 2.81. The molecule has 1 aromatic heterocycles. The van der Waals surface area contributed by atoms with E-state index in [1.807, 2.05) is 12.3 Å². The van der Waals surface area contributed by atoms with Gasteiger partial charge < -0.3 is 10.4 Å². The molecule has 0 atom stereocenters. The molecule has 0 amide bonds. The quantitative estimate of drug-likeness (QED) is 0.751. The fourth-order valence-corrected chi connectivity index (χ4v) is 1.70. The highest BCUT2D eigenvalue weighted by atomic mass is 79.9. The minimum absolute atomic E-state index is 0.309. The topological polar surface area (TPSA) is 45.1 Å². The minimum atomic E-state index is 0.309. The van der Waals surface area contributed by atoms with E-state index in [1.165, 1.54) is 0 Å². The Bertz CT molecular complexity index is 281. The molecule has 0 radical (unpaired) electrons. The van der Waals surface area contributed by atoms with Crippen molar-refractivity contribution in [3.05, 3.63) is 22.9 Å². The van der Waals surface area contributed by atoms with Gasteiger partial charge in [0, 0.05) is 23.8 Å². The van der Waals surface area contributed by atoms with E-state index in [0.717, 1.165) is 42.4 Å². The Morgan fingerprint density at radius 2 is 2.00 bits per heavy atom. The van der Waals surface area contributed by atoms with Crippen LogP contribution < -0.4 is 5.32 Å². The van der Waals surface area contributed by atoms with Gasteiger partial charge in [-0.2, -0.15) is 0 Å². The third kappa shape index (κ3) is 5.74. The molecule has 2 N–H and O–H groups in total. The number of pyridine rings is 1. The van der Waals surface area contributed by atoms with Gasteiger partial charge in [0.25, 0.3) is 0 Å². The number of aliphatic hydroxyl groups is 1. The fourth-order valence-electron chi connectivity index (χ4n) is 1.33. The first-order chi connectivity index (χ1) is 7.33. The van der Waals surface area contributed by atoms with Gasteiger partial charge in [-0.05, 0) is 34.8 Å². The molecular weight excluding hydrogens is 256 g/mol. The van der Waals surface area contributed by atoms with Crippen LogP contribution in [0.4, 0.5) is 5.69 Å². The molecule has 0 fully saturated rings. The molecule has 0 aliphatic rings. The Morgan fingerprint density at radius 3 is 2.73 bits per heavy atom. The summed E-state index contributed by atoms with van der Waals surface area (Å²) >= 11 is 3.38. The lowest BCUT2D eigenvalue weighted by molar-refractivity contribution is 0.283. The molecule has 84 valence electrons. The van der Waals surface area contributed by atoms with Gasteiger partial charge >= 0.3 is 0 Å². The number of nitrogens with zero attached hydrogens (tertiary/aromatic N) is 1. The molecule has 0 aliphatic heterocycles. The first-order valence-corrected chi connectivity index (χ1v) is 6.07. The number of rotatable bonds is 7. The zero-order chi connectivity index (χ0) is 10.9. The van der Waals surface area contributed by atoms with E-state index < -0.39 is 0 Å². The van der Waals surface area contributed by atoms with Gasteiger partial charge in [0.05, 0.1) is 11.9 Å². The first kappa shape index (κ1) is 12.5. The predicted molar refractivity (Wildman–Crippen MR) is 66.0 cm³/mol. The van der Waals surface area contributed by atoms with Crippen molar-refractivity contribution in [2.75, 3.05) is 18.5 Å². The van der Waals surface area contributed by atoms with Crippen molar-refractivity contribution in [2.45, 2.75) is 25.7 Å². The third-order valence-electron chi connectivity index (χ3n) is 2.12. The summed E-state index contributed by atoms with van der Waals surface area (Å²) in [5.74, 6) is 0. The normalized spacial score (nSPS) is 10.3. The van der Waals surface area contributed by atoms with Crippen molar-refractivity contribution in [2.24, 2.45) is 0 Å². The maximum Gasteiger partial charge on any atom is 0.0538 e. The number of hydrogen-bond acceptors (Lipinski definition) is 3. The van der Waals surface area contributed by atoms with Gasteiger partial charge in [-0.3, -0.25) is 4.98 Å². The summed E-state index contributed by atoms with van der Waals surface area (Å²) in [4.78, 5) is 4.07. The molecule has 0 saturated heterocycles. The zero-order valence-corrected chi connectivity index (χ0v) is 10.3. The number of unbranched alkanes of at least 4 members (excludes halogenated alkanes) is 3. The summed E-state index contributed by atoms with van der Waals surface area (Å²) < 4.78 is 0.993. The molecule has 3 nitrogen and oxygen atoms in total. The van der Waals surface area contributed by atoms with Crippen molar-refractivity contribution in [1.82, 2.24) is 4.98 Å². The van der Waals surface area contributed by atoms with E-state index in [2.05, 4.69) is 26.2 Å². The van der Waals surface area contributed by atoms with Crippen LogP contribution in [0.5, 0.6) is 0 Å². The lowest BCUT2D eigenvalue weighted by Gasteiger charge is -2.05. The molecule has 15 heavy (non-hydrogen) atoms. The Hall–Kier alpha value is -0.610. The summed E-state index contributed by atoms with van der Waals surface area (Å²) in [7, 11) is 0. The van der Waals surface area contributed by atoms with Gasteiger partial charge in [-0.15, -0.1) is 0 Å². The lowest BCUT2D eigenvalue weighted by atomic mass is 10.2. The Morgan fingerprint density at radius 1 is 1.20 bits per heavy atom. The van der Waals surface area contributed by atoms with Crippen molar-refractivity contribution < 1.29 is 5.11 Å². The summed E-state index contributed by atoms with van der Waals surface area (Å²) in [6.45, 7) is 1.27. The molecule has 0 unspecified atom stereocenters. The Balaban J connectivity index is 2.10. The van der Waals surface area contributed by atoms with Crippen molar-refractivity contribution in [3.63, 3.8) is 0 Å². The Labute approximate surface area is 99.1 Å². The summed E-state index contributed by atoms with van der Waals surface area (Å²) in [5.41, 5.74) is 1.05. The molecule has 1 aromatic rings. The van der Waals surface area contributed by atoms with Crippen molar-refractivity contribution in [1.29, 1.82) is 0 Å². The van der Waals surface area contributed by atoms with E-state index >= 15 is 0 Å². The van der Waals surface area contributed by atoms with Crippen molar-refractivity contribution in [3.8, 4) is 0 Å². The van der Waals surface area contributed by atoms with E-state index in [0.29, 0.717) is 6.61 Å². The average molecular weight is 273 g/mol. The average Bonchev–Trinajstić information content (AvgIpc) is 2.23. The molecule has 0 bridgehead atoms. The van der Waals surface area contributed by atoms with Crippen LogP contribution in [0.1, 0.15) is 25.7 Å². The number of aliphatic hydroxyl groups excluding tert-OH is 1. The molecule has 0 spiro atoms. The zero-order valence-electron chi connectivity index (χ0n) is 8.75. The molecule has 0 aliphatic carbocycles. The highest BCUT2D eigenvalue weighted by molar-refractivity contribution is 9.10. The lowest BCUT2D eigenvalue weighted by Crippen LogP contribution is -2.01. The SMILES string of the molecule is OCCCCCCNc1cncc(Br)c1. The number of hydrogen-bond donors (Lipinski definition) is 2. The van der Waals surface area contributed by atoms with Crippen LogP contribution in [0.3, 0.4) is 0 Å². The number of nitrogens with one attached hydrogen (secondary N) is 1. The second-order valence-electron chi connectivity index (χ2n) is 3.46. The minimum Gasteiger partial charge on any atom is -0.396 e. The molecule has 1 heterocycles. The summed E-state index contributed by atoms with van der Waals surface area (Å²) in [6, 6.07) is 2.01. The van der Waals surface area contributed by atoms with E-state index in [1.54, 1.807) is 6.20 Å². The van der Waals surface area contributed by atoms with E-state index in [-0.39, 0.29) is 0 Å². The first-order valence-electron chi connectivity index (χ1n) is 5.28. The summed E-state index contributed by atoms with van der Waals surface area (Å²) in [5, 5.41) is 11.9. The van der Waals surface area contributed by atoms with Crippen LogP contribution in [0.2, 0.25) is 0 Å². The smallest absolute Gasteiger partial charge is 0.0538 e. The molecule has 1 rings (SSSR count). The van der Waals surface area contributed by atoms with E-state index in [4.69, 9.17) is 5.11 Å². The van der Waals surface area contributed by atoms with E-state index in [9.17, 15) is 0 Å². The third-order valence-corrected chi connectivity index (χ3v) is 2.55. The number of halogens is 1. The van der Waals surface area contributed by atoms with Crippen LogP contribution in [0.15, 0.2) is 22.9 Å². The maximum atomic E-state index is 8.60. The second kappa shape index (κ2) is 7.65. The molecule has 4 heteroatoms. The van der Waals surface area contributed by atoms with Crippen LogP contribution in [-0.2, 0) is 0 Å². The van der Waals surface area contributed by atoms with Crippen molar-refractivity contribution >= 4 is 21.6 Å². The van der Waals surface area contributed by atoms with Gasteiger partial charge in [-0.1, -0.05) is 12.8 Å². The Kier molecular flexibility index (Phi) is 6.36. The monoisotopic (exact) mass is 272 g/mol. The number of aromatic nitrogens is 1. The van der Waals surface area contributed by atoms with Gasteiger partial charge in [0.1, 0.15) is 0 Å². The molecular formula is C11H17BrN2O. The maximum absolute atomic E-state index is 8.60.